The van der Waals surface area contributed by atoms with Crippen LogP contribution >= 0.6 is 15.9 Å². The smallest absolute Gasteiger partial charge is 0.247 e. The molecule has 1 N–H and O–H groups in total. The van der Waals surface area contributed by atoms with Crippen LogP contribution in [0.3, 0.4) is 0 Å². The Labute approximate surface area is 136 Å². The van der Waals surface area contributed by atoms with Crippen LogP contribution in [0.1, 0.15) is 18.9 Å². The van der Waals surface area contributed by atoms with Crippen LogP contribution in [0.5, 0.6) is 0 Å². The summed E-state index contributed by atoms with van der Waals surface area (Å²) < 4.78 is 3.04. The second-order valence-corrected chi connectivity index (χ2v) is 6.47. The molecule has 4 rings (SSSR count). The van der Waals surface area contributed by atoms with Gasteiger partial charge in [-0.2, -0.15) is 0 Å². The fourth-order valence-electron chi connectivity index (χ4n) is 3.17. The van der Waals surface area contributed by atoms with E-state index in [1.807, 2.05) is 18.2 Å². The molecule has 1 aromatic carbocycles. The van der Waals surface area contributed by atoms with E-state index in [-0.39, 0.29) is 11.9 Å². The summed E-state index contributed by atoms with van der Waals surface area (Å²) in [5.74, 6) is -0.0133. The second-order valence-electron chi connectivity index (χ2n) is 5.55. The maximum Gasteiger partial charge on any atom is 0.247 e. The third kappa shape index (κ3) is 1.96. The Balaban J connectivity index is 2.04. The van der Waals surface area contributed by atoms with Gasteiger partial charge in [0.2, 0.25) is 5.91 Å². The van der Waals surface area contributed by atoms with Gasteiger partial charge in [-0.1, -0.05) is 28.6 Å². The number of allylic oxidation sites excluding steroid dienone is 1. The number of carbonyl (C=O) groups is 1. The molecule has 2 aromatic heterocycles. The zero-order chi connectivity index (χ0) is 15.3. The lowest BCUT2D eigenvalue weighted by Gasteiger charge is -2.25. The summed E-state index contributed by atoms with van der Waals surface area (Å²) in [4.78, 5) is 17.0. The molecule has 5 heteroatoms. The van der Waals surface area contributed by atoms with Crippen LogP contribution in [0, 0.1) is 0 Å². The SMILES string of the molecule is C=C1CCC(n2c3cc(Br)ccc3c3cccnc32)C(=O)N1. The van der Waals surface area contributed by atoms with Gasteiger partial charge in [0.1, 0.15) is 11.7 Å². The van der Waals surface area contributed by atoms with Gasteiger partial charge < -0.3 is 9.88 Å². The number of benzene rings is 1. The molecule has 0 spiro atoms. The van der Waals surface area contributed by atoms with Crippen molar-refractivity contribution in [2.45, 2.75) is 18.9 Å². The summed E-state index contributed by atoms with van der Waals surface area (Å²) in [6.07, 6.45) is 3.30. The number of aromatic nitrogens is 2. The highest BCUT2D eigenvalue weighted by Crippen LogP contribution is 2.35. The van der Waals surface area contributed by atoms with E-state index in [9.17, 15) is 4.79 Å². The first-order valence-corrected chi connectivity index (χ1v) is 7.97. The molecule has 0 aliphatic carbocycles. The van der Waals surface area contributed by atoms with Crippen LogP contribution in [0.15, 0.2) is 53.3 Å². The Hall–Kier alpha value is -2.14. The Morgan fingerprint density at radius 2 is 2.18 bits per heavy atom. The number of hydrogen-bond donors (Lipinski definition) is 1. The van der Waals surface area contributed by atoms with Crippen molar-refractivity contribution in [3.05, 3.63) is 53.3 Å². The molecule has 1 aliphatic rings. The number of piperidine rings is 1. The molecule has 3 heterocycles. The number of hydrogen-bond acceptors (Lipinski definition) is 2. The van der Waals surface area contributed by atoms with E-state index in [4.69, 9.17) is 0 Å². The predicted octanol–water partition coefficient (Wildman–Crippen LogP) is 3.92. The highest BCUT2D eigenvalue weighted by molar-refractivity contribution is 9.10. The minimum atomic E-state index is -0.255. The molecule has 1 amide bonds. The first kappa shape index (κ1) is 13.5. The van der Waals surface area contributed by atoms with Gasteiger partial charge in [-0.05, 0) is 37.1 Å². The van der Waals surface area contributed by atoms with Crippen molar-refractivity contribution in [3.63, 3.8) is 0 Å². The largest absolute Gasteiger partial charge is 0.329 e. The summed E-state index contributed by atoms with van der Waals surface area (Å²) >= 11 is 3.52. The zero-order valence-electron chi connectivity index (χ0n) is 11.8. The van der Waals surface area contributed by atoms with Crippen molar-refractivity contribution in [2.24, 2.45) is 0 Å². The summed E-state index contributed by atoms with van der Waals surface area (Å²) in [5.41, 5.74) is 2.66. The van der Waals surface area contributed by atoms with Gasteiger partial charge in [-0.15, -0.1) is 0 Å². The second kappa shape index (κ2) is 4.95. The van der Waals surface area contributed by atoms with E-state index in [1.54, 1.807) is 6.20 Å². The van der Waals surface area contributed by atoms with Crippen molar-refractivity contribution < 1.29 is 4.79 Å². The number of amides is 1. The standard InChI is InChI=1S/C17H14BrN3O/c1-10-4-7-14(17(22)20-10)21-15-9-11(18)5-6-12(15)13-3-2-8-19-16(13)21/h2-3,5-6,8-9,14H,1,4,7H2,(H,20,22). The van der Waals surface area contributed by atoms with E-state index in [0.717, 1.165) is 44.9 Å². The number of fused-ring (bicyclic) bond motifs is 3. The van der Waals surface area contributed by atoms with Crippen molar-refractivity contribution in [2.75, 3.05) is 0 Å². The molecule has 1 aliphatic heterocycles. The lowest BCUT2D eigenvalue weighted by atomic mass is 10.0. The molecule has 1 atom stereocenters. The number of pyridine rings is 1. The van der Waals surface area contributed by atoms with Crippen LogP contribution in [0.2, 0.25) is 0 Å². The molecule has 4 nitrogen and oxygen atoms in total. The molecule has 0 radical (unpaired) electrons. The number of carbonyl (C=O) groups excluding carboxylic acids is 1. The number of nitrogens with zero attached hydrogens (tertiary/aromatic N) is 2. The van der Waals surface area contributed by atoms with Crippen LogP contribution in [-0.4, -0.2) is 15.5 Å². The Bertz CT molecular complexity index is 928. The highest BCUT2D eigenvalue weighted by atomic mass is 79.9. The predicted molar refractivity (Wildman–Crippen MR) is 90.5 cm³/mol. The molecule has 110 valence electrons. The van der Waals surface area contributed by atoms with Crippen molar-refractivity contribution in [1.82, 2.24) is 14.9 Å². The Kier molecular flexibility index (Phi) is 3.04. The minimum absolute atomic E-state index is 0.0133. The van der Waals surface area contributed by atoms with Crippen LogP contribution < -0.4 is 5.32 Å². The Morgan fingerprint density at radius 1 is 1.32 bits per heavy atom. The molecular formula is C17H14BrN3O. The van der Waals surface area contributed by atoms with Gasteiger partial charge in [-0.25, -0.2) is 4.98 Å². The zero-order valence-corrected chi connectivity index (χ0v) is 13.4. The lowest BCUT2D eigenvalue weighted by Crippen LogP contribution is -2.36. The minimum Gasteiger partial charge on any atom is -0.329 e. The van der Waals surface area contributed by atoms with E-state index in [0.29, 0.717) is 0 Å². The van der Waals surface area contributed by atoms with Gasteiger partial charge in [0, 0.05) is 27.1 Å². The molecule has 22 heavy (non-hydrogen) atoms. The summed E-state index contributed by atoms with van der Waals surface area (Å²) in [5, 5.41) is 5.05. The molecule has 3 aromatic rings. The lowest BCUT2D eigenvalue weighted by molar-refractivity contribution is -0.124. The number of rotatable bonds is 1. The quantitative estimate of drug-likeness (QED) is 0.719. The van der Waals surface area contributed by atoms with Gasteiger partial charge in [0.25, 0.3) is 0 Å². The fourth-order valence-corrected chi connectivity index (χ4v) is 3.52. The van der Waals surface area contributed by atoms with Crippen molar-refractivity contribution in [1.29, 1.82) is 0 Å². The van der Waals surface area contributed by atoms with Crippen molar-refractivity contribution in [3.8, 4) is 0 Å². The molecule has 1 fully saturated rings. The molecule has 1 unspecified atom stereocenters. The third-order valence-corrected chi connectivity index (χ3v) is 4.65. The maximum absolute atomic E-state index is 12.4. The van der Waals surface area contributed by atoms with E-state index < -0.39 is 0 Å². The van der Waals surface area contributed by atoms with Crippen molar-refractivity contribution >= 4 is 43.8 Å². The molecule has 0 bridgehead atoms. The molecule has 0 saturated carbocycles. The Morgan fingerprint density at radius 3 is 3.00 bits per heavy atom. The van der Waals surface area contributed by atoms with E-state index in [2.05, 4.69) is 49.5 Å². The summed E-state index contributed by atoms with van der Waals surface area (Å²) in [6, 6.07) is 9.86. The topological polar surface area (TPSA) is 46.9 Å². The summed E-state index contributed by atoms with van der Waals surface area (Å²) in [7, 11) is 0. The number of halogens is 1. The van der Waals surface area contributed by atoms with E-state index in [1.165, 1.54) is 0 Å². The summed E-state index contributed by atoms with van der Waals surface area (Å²) in [6.45, 7) is 3.85. The fraction of sp³-hybridized carbons (Fsp3) is 0.176. The average Bonchev–Trinajstić information content (AvgIpc) is 2.81. The maximum atomic E-state index is 12.4. The van der Waals surface area contributed by atoms with Crippen LogP contribution in [-0.2, 0) is 4.79 Å². The van der Waals surface area contributed by atoms with Crippen LogP contribution in [0.25, 0.3) is 21.9 Å². The van der Waals surface area contributed by atoms with E-state index >= 15 is 0 Å². The van der Waals surface area contributed by atoms with Gasteiger partial charge >= 0.3 is 0 Å². The first-order chi connectivity index (χ1) is 10.6. The van der Waals surface area contributed by atoms with Crippen LogP contribution in [0.4, 0.5) is 0 Å². The normalized spacial score (nSPS) is 18.9. The third-order valence-electron chi connectivity index (χ3n) is 4.16. The highest BCUT2D eigenvalue weighted by Gasteiger charge is 2.28. The molecule has 1 saturated heterocycles. The van der Waals surface area contributed by atoms with Gasteiger partial charge in [0.05, 0.1) is 5.52 Å². The average molecular weight is 356 g/mol. The molecular weight excluding hydrogens is 342 g/mol. The number of nitrogens with one attached hydrogen (secondary N) is 1. The van der Waals surface area contributed by atoms with Gasteiger partial charge in [-0.3, -0.25) is 4.79 Å². The monoisotopic (exact) mass is 355 g/mol. The van der Waals surface area contributed by atoms with Gasteiger partial charge in [0.15, 0.2) is 0 Å². The first-order valence-electron chi connectivity index (χ1n) is 7.18.